The molecule has 0 bridgehead atoms. The monoisotopic (exact) mass is 526 g/mol. The number of epoxide rings is 1. The highest BCUT2D eigenvalue weighted by molar-refractivity contribution is 5.98. The van der Waals surface area contributed by atoms with Gasteiger partial charge in [-0.05, 0) is 93.1 Å². The first kappa shape index (κ1) is 26.2. The minimum atomic E-state index is -0.734. The molecule has 0 unspecified atom stereocenters. The Labute approximate surface area is 225 Å². The first-order valence-electron chi connectivity index (χ1n) is 14.6. The molecule has 7 nitrogen and oxygen atoms in total. The summed E-state index contributed by atoms with van der Waals surface area (Å²) in [6.45, 7) is 10.4. The highest BCUT2D eigenvalue weighted by atomic mass is 16.6. The largest absolute Gasteiger partial charge is 0.461 e. The molecule has 0 radical (unpaired) electrons. The fourth-order valence-corrected chi connectivity index (χ4v) is 9.93. The topological polar surface area (TPSA) is 102 Å². The van der Waals surface area contributed by atoms with Crippen LogP contribution in [0, 0.1) is 40.4 Å². The number of aliphatic hydroxyl groups is 1. The van der Waals surface area contributed by atoms with Gasteiger partial charge >= 0.3 is 11.9 Å². The van der Waals surface area contributed by atoms with Crippen molar-refractivity contribution in [3.8, 4) is 0 Å². The van der Waals surface area contributed by atoms with Gasteiger partial charge in [0, 0.05) is 12.8 Å². The number of hydrogen-bond donors (Lipinski definition) is 1. The molecule has 0 aromatic heterocycles. The van der Waals surface area contributed by atoms with Crippen LogP contribution < -0.4 is 0 Å². The van der Waals surface area contributed by atoms with Gasteiger partial charge in [-0.1, -0.05) is 26.3 Å². The van der Waals surface area contributed by atoms with Crippen molar-refractivity contribution in [3.63, 3.8) is 0 Å². The summed E-state index contributed by atoms with van der Waals surface area (Å²) in [5.41, 5.74) is 0.137. The van der Waals surface area contributed by atoms with Crippen LogP contribution in [-0.4, -0.2) is 53.3 Å². The Hall–Kier alpha value is -1.99. The van der Waals surface area contributed by atoms with Crippen molar-refractivity contribution < 1.29 is 33.7 Å². The summed E-state index contributed by atoms with van der Waals surface area (Å²) in [4.78, 5) is 37.9. The van der Waals surface area contributed by atoms with E-state index in [1.807, 2.05) is 6.92 Å². The van der Waals surface area contributed by atoms with Crippen molar-refractivity contribution >= 4 is 17.7 Å². The summed E-state index contributed by atoms with van der Waals surface area (Å²) in [7, 11) is 0. The minimum absolute atomic E-state index is 0.0170. The normalized spacial score (nSPS) is 47.9. The predicted octanol–water partition coefficient (Wildman–Crippen LogP) is 4.31. The molecule has 0 aromatic rings. The summed E-state index contributed by atoms with van der Waals surface area (Å²) >= 11 is 0. The van der Waals surface area contributed by atoms with Crippen LogP contribution in [0.15, 0.2) is 23.3 Å². The molecule has 7 heteroatoms. The van der Waals surface area contributed by atoms with Crippen LogP contribution in [0.4, 0.5) is 0 Å². The average molecular weight is 527 g/mol. The third-order valence-electron chi connectivity index (χ3n) is 12.1. The zero-order valence-electron chi connectivity index (χ0n) is 23.3. The average Bonchev–Trinajstić information content (AvgIpc) is 3.52. The van der Waals surface area contributed by atoms with Crippen LogP contribution >= 0.6 is 0 Å². The van der Waals surface area contributed by atoms with Crippen molar-refractivity contribution in [2.24, 2.45) is 40.4 Å². The van der Waals surface area contributed by atoms with Gasteiger partial charge in [0.25, 0.3) is 0 Å². The number of fused-ring (bicyclic) bond motifs is 4. The van der Waals surface area contributed by atoms with E-state index in [9.17, 15) is 19.5 Å². The Morgan fingerprint density at radius 2 is 1.97 bits per heavy atom. The molecule has 6 rings (SSSR count). The smallest absolute Gasteiger partial charge is 0.337 e. The molecule has 3 saturated carbocycles. The number of rotatable bonds is 5. The fourth-order valence-electron chi connectivity index (χ4n) is 9.93. The van der Waals surface area contributed by atoms with Gasteiger partial charge in [-0.15, -0.1) is 0 Å². The highest BCUT2D eigenvalue weighted by Gasteiger charge is 2.80. The third-order valence-corrected chi connectivity index (χ3v) is 12.1. The van der Waals surface area contributed by atoms with E-state index in [1.54, 1.807) is 19.1 Å². The molecule has 0 aromatic carbocycles. The fraction of sp³-hybridized carbons (Fsp3) is 0.774. The zero-order valence-corrected chi connectivity index (χ0v) is 23.3. The molecule has 6 aliphatic rings. The van der Waals surface area contributed by atoms with Gasteiger partial charge in [-0.3, -0.25) is 9.59 Å². The second-order valence-electron chi connectivity index (χ2n) is 13.4. The molecule has 4 fully saturated rings. The molecule has 1 spiro atoms. The molecule has 1 N–H and O–H groups in total. The van der Waals surface area contributed by atoms with E-state index in [4.69, 9.17) is 14.2 Å². The number of allylic oxidation sites excluding steroid dienone is 1. The van der Waals surface area contributed by atoms with Crippen molar-refractivity contribution in [1.29, 1.82) is 0 Å². The summed E-state index contributed by atoms with van der Waals surface area (Å²) in [5.74, 6) is 1.16. The Balaban J connectivity index is 1.20. The van der Waals surface area contributed by atoms with Gasteiger partial charge in [-0.2, -0.15) is 0 Å². The van der Waals surface area contributed by atoms with Crippen molar-refractivity contribution in [3.05, 3.63) is 23.3 Å². The highest BCUT2D eigenvalue weighted by Crippen LogP contribution is 2.73. The Bertz CT molecular complexity index is 1120. The van der Waals surface area contributed by atoms with E-state index in [2.05, 4.69) is 20.8 Å². The molecular formula is C31H42O7. The van der Waals surface area contributed by atoms with Crippen LogP contribution in [0.5, 0.6) is 0 Å². The van der Waals surface area contributed by atoms with E-state index < -0.39 is 17.1 Å². The summed E-state index contributed by atoms with van der Waals surface area (Å²) in [5, 5.41) is 10.9. The summed E-state index contributed by atoms with van der Waals surface area (Å²) in [6, 6.07) is 0. The van der Waals surface area contributed by atoms with Gasteiger partial charge in [0.15, 0.2) is 5.78 Å². The molecule has 2 heterocycles. The van der Waals surface area contributed by atoms with Crippen molar-refractivity contribution in [2.45, 2.75) is 103 Å². The van der Waals surface area contributed by atoms with E-state index >= 15 is 0 Å². The number of ether oxygens (including phenoxy) is 3. The zero-order chi connectivity index (χ0) is 27.2. The number of cyclic esters (lactones) is 1. The first-order chi connectivity index (χ1) is 18.0. The lowest BCUT2D eigenvalue weighted by Gasteiger charge is -2.58. The molecule has 11 atom stereocenters. The van der Waals surface area contributed by atoms with Gasteiger partial charge in [0.1, 0.15) is 24.4 Å². The van der Waals surface area contributed by atoms with Crippen LogP contribution in [0.25, 0.3) is 0 Å². The Kier molecular flexibility index (Phi) is 6.05. The number of ketones is 1. The Morgan fingerprint density at radius 1 is 1.21 bits per heavy atom. The lowest BCUT2D eigenvalue weighted by atomic mass is 9.44. The molecule has 2 aliphatic heterocycles. The van der Waals surface area contributed by atoms with Gasteiger partial charge in [0.2, 0.25) is 0 Å². The SMILES string of the molecule is CCC(=O)OCC1=C(C)C[C@H]([C@@H](C)[C@H]2CC[C@H]3[C@@H]4C[C@H]5O[C@]56[C@@H](O)C=CC(=O)[C@]6(C)[C@H]4CC[C@]23C)OC1=O. The van der Waals surface area contributed by atoms with E-state index in [0.717, 1.165) is 37.7 Å². The van der Waals surface area contributed by atoms with E-state index in [-0.39, 0.29) is 60.2 Å². The van der Waals surface area contributed by atoms with Crippen LogP contribution in [-0.2, 0) is 28.6 Å². The van der Waals surface area contributed by atoms with E-state index in [1.165, 1.54) is 0 Å². The molecular weight excluding hydrogens is 484 g/mol. The third kappa shape index (κ3) is 3.36. The molecule has 208 valence electrons. The van der Waals surface area contributed by atoms with Crippen LogP contribution in [0.1, 0.15) is 79.6 Å². The number of esters is 2. The van der Waals surface area contributed by atoms with Crippen LogP contribution in [0.3, 0.4) is 0 Å². The first-order valence-corrected chi connectivity index (χ1v) is 14.6. The Morgan fingerprint density at radius 3 is 2.68 bits per heavy atom. The van der Waals surface area contributed by atoms with Crippen molar-refractivity contribution in [2.75, 3.05) is 6.61 Å². The minimum Gasteiger partial charge on any atom is -0.461 e. The maximum Gasteiger partial charge on any atom is 0.337 e. The summed E-state index contributed by atoms with van der Waals surface area (Å²) in [6.07, 6.45) is 8.33. The van der Waals surface area contributed by atoms with Gasteiger partial charge < -0.3 is 19.3 Å². The number of carbonyl (C=O) groups excluding carboxylic acids is 3. The quantitative estimate of drug-likeness (QED) is 0.421. The molecule has 0 amide bonds. The van der Waals surface area contributed by atoms with Crippen molar-refractivity contribution in [1.82, 2.24) is 0 Å². The maximum absolute atomic E-state index is 13.4. The molecule has 38 heavy (non-hydrogen) atoms. The number of aliphatic hydroxyl groups excluding tert-OH is 1. The predicted molar refractivity (Wildman–Crippen MR) is 139 cm³/mol. The summed E-state index contributed by atoms with van der Waals surface area (Å²) < 4.78 is 17.5. The molecule has 4 aliphatic carbocycles. The van der Waals surface area contributed by atoms with Crippen LogP contribution in [0.2, 0.25) is 0 Å². The second-order valence-corrected chi connectivity index (χ2v) is 13.4. The maximum atomic E-state index is 13.4. The standard InChI is InChI=1S/C31H42O7/c1-6-27(34)36-15-19-16(2)13-23(37-28(19)35)17(3)20-7-8-21-18-14-26-31(38-26)25(33)10-9-24(32)30(31,5)22(18)11-12-29(20,21)4/h9-10,17-18,20-23,25-26,33H,6-8,11-15H2,1-5H3/t17-,18-,20+,21-,22-,23+,25-,26+,29+,30-,31+/m0/s1. The lowest BCUT2D eigenvalue weighted by molar-refractivity contribution is -0.156. The lowest BCUT2D eigenvalue weighted by Crippen LogP contribution is -2.63. The van der Waals surface area contributed by atoms with Gasteiger partial charge in [-0.25, -0.2) is 4.79 Å². The van der Waals surface area contributed by atoms with Gasteiger partial charge in [0.05, 0.1) is 17.1 Å². The van der Waals surface area contributed by atoms with E-state index in [0.29, 0.717) is 29.7 Å². The second kappa shape index (κ2) is 8.76. The molecule has 1 saturated heterocycles. The number of hydrogen-bond acceptors (Lipinski definition) is 7. The number of carbonyl (C=O) groups is 3.